The lowest BCUT2D eigenvalue weighted by atomic mass is 10.2. The normalized spacial score (nSPS) is 11.7. The maximum absolute atomic E-state index is 12.5. The van der Waals surface area contributed by atoms with E-state index < -0.39 is 23.4 Å². The van der Waals surface area contributed by atoms with E-state index in [1.54, 1.807) is 47.6 Å². The van der Waals surface area contributed by atoms with Crippen molar-refractivity contribution >= 4 is 17.9 Å². The number of unbranched alkanes of at least 4 members (excludes halogenated alkanes) is 1. The van der Waals surface area contributed by atoms with Crippen LogP contribution in [-0.4, -0.2) is 28.4 Å². The van der Waals surface area contributed by atoms with Gasteiger partial charge in [0.05, 0.1) is 11.9 Å². The number of ether oxygens (including phenoxy) is 2. The molecule has 0 unspecified atom stereocenters. The van der Waals surface area contributed by atoms with Crippen LogP contribution < -0.4 is 10.4 Å². The number of aryl methyl sites for hydroxylation is 1. The van der Waals surface area contributed by atoms with Gasteiger partial charge >= 0.3 is 12.2 Å². The summed E-state index contributed by atoms with van der Waals surface area (Å²) in [5.41, 5.74) is 2.36. The molecule has 146 valence electrons. The van der Waals surface area contributed by atoms with Gasteiger partial charge < -0.3 is 9.47 Å². The Morgan fingerprint density at radius 3 is 2.15 bits per heavy atom. The summed E-state index contributed by atoms with van der Waals surface area (Å²) in [4.78, 5) is 29.0. The van der Waals surface area contributed by atoms with Crippen molar-refractivity contribution in [3.05, 3.63) is 24.0 Å². The maximum Gasteiger partial charge on any atom is 0.434 e. The third kappa shape index (κ3) is 8.18. The van der Waals surface area contributed by atoms with Gasteiger partial charge in [0.1, 0.15) is 11.2 Å². The Morgan fingerprint density at radius 1 is 1.08 bits per heavy atom. The third-order valence-electron chi connectivity index (χ3n) is 3.03. The Hall–Kier alpha value is -2.31. The molecule has 1 heterocycles. The molecular weight excluding hydrogens is 334 g/mol. The molecule has 26 heavy (non-hydrogen) atoms. The lowest BCUT2D eigenvalue weighted by Gasteiger charge is -2.28. The Kier molecular flexibility index (Phi) is 7.41. The van der Waals surface area contributed by atoms with Crippen LogP contribution in [0.5, 0.6) is 0 Å². The molecule has 0 radical (unpaired) electrons. The highest BCUT2D eigenvalue weighted by Crippen LogP contribution is 2.17. The van der Waals surface area contributed by atoms with Crippen molar-refractivity contribution in [2.75, 3.05) is 5.01 Å². The van der Waals surface area contributed by atoms with E-state index in [4.69, 9.17) is 9.47 Å². The predicted octanol–water partition coefficient (Wildman–Crippen LogP) is 4.61. The van der Waals surface area contributed by atoms with Gasteiger partial charge in [-0.2, -0.15) is 5.01 Å². The molecule has 2 amide bonds. The van der Waals surface area contributed by atoms with Crippen LogP contribution in [0.1, 0.15) is 67.0 Å². The first-order valence-corrected chi connectivity index (χ1v) is 8.89. The van der Waals surface area contributed by atoms with E-state index >= 15 is 0 Å². The second-order valence-corrected chi connectivity index (χ2v) is 8.04. The van der Waals surface area contributed by atoms with Gasteiger partial charge in [0.15, 0.2) is 0 Å². The summed E-state index contributed by atoms with van der Waals surface area (Å²) in [5, 5.41) is 1.01. The summed E-state index contributed by atoms with van der Waals surface area (Å²) in [5.74, 6) is 0. The first-order chi connectivity index (χ1) is 11.9. The quantitative estimate of drug-likeness (QED) is 0.788. The Morgan fingerprint density at radius 2 is 1.69 bits per heavy atom. The van der Waals surface area contributed by atoms with Crippen molar-refractivity contribution in [1.82, 2.24) is 10.4 Å². The summed E-state index contributed by atoms with van der Waals surface area (Å²) in [7, 11) is 0. The van der Waals surface area contributed by atoms with Gasteiger partial charge in [-0.1, -0.05) is 13.3 Å². The van der Waals surface area contributed by atoms with Crippen molar-refractivity contribution in [2.24, 2.45) is 0 Å². The molecule has 0 aliphatic carbocycles. The molecule has 0 fully saturated rings. The van der Waals surface area contributed by atoms with Crippen LogP contribution in [0.2, 0.25) is 0 Å². The first-order valence-electron chi connectivity index (χ1n) is 8.89. The van der Waals surface area contributed by atoms with E-state index in [1.807, 2.05) is 6.07 Å². The molecule has 0 aliphatic rings. The van der Waals surface area contributed by atoms with Crippen molar-refractivity contribution in [3.63, 3.8) is 0 Å². The number of nitrogens with zero attached hydrogens (tertiary/aromatic N) is 2. The van der Waals surface area contributed by atoms with Gasteiger partial charge in [-0.25, -0.2) is 15.0 Å². The van der Waals surface area contributed by atoms with Gasteiger partial charge in [-0.05, 0) is 66.5 Å². The fourth-order valence-corrected chi connectivity index (χ4v) is 1.97. The van der Waals surface area contributed by atoms with E-state index in [0.717, 1.165) is 30.0 Å². The van der Waals surface area contributed by atoms with Crippen LogP contribution in [0.3, 0.4) is 0 Å². The fourth-order valence-electron chi connectivity index (χ4n) is 1.97. The number of hydrogen-bond donors (Lipinski definition) is 1. The van der Waals surface area contributed by atoms with Gasteiger partial charge in [0.25, 0.3) is 0 Å². The minimum atomic E-state index is -0.751. The molecule has 0 saturated heterocycles. The number of rotatable bonds is 4. The van der Waals surface area contributed by atoms with Crippen molar-refractivity contribution < 1.29 is 19.1 Å². The fraction of sp³-hybridized carbons (Fsp3) is 0.632. The maximum atomic E-state index is 12.5. The number of carbonyl (C=O) groups is 2. The summed E-state index contributed by atoms with van der Waals surface area (Å²) in [6.07, 6.45) is 3.05. The largest absolute Gasteiger partial charge is 0.443 e. The third-order valence-corrected chi connectivity index (χ3v) is 3.03. The number of hydrazine groups is 1. The van der Waals surface area contributed by atoms with Gasteiger partial charge in [-0.3, -0.25) is 4.98 Å². The van der Waals surface area contributed by atoms with Crippen LogP contribution in [0.25, 0.3) is 0 Å². The van der Waals surface area contributed by atoms with Crippen LogP contribution in [0.15, 0.2) is 18.3 Å². The number of pyridine rings is 1. The van der Waals surface area contributed by atoms with Crippen molar-refractivity contribution in [2.45, 2.75) is 78.9 Å². The summed E-state index contributed by atoms with van der Waals surface area (Å²) in [6, 6.07) is 3.55. The van der Waals surface area contributed by atoms with E-state index in [-0.39, 0.29) is 0 Å². The molecular formula is C19H31N3O4. The average molecular weight is 365 g/mol. The molecule has 0 spiro atoms. The van der Waals surface area contributed by atoms with E-state index in [1.165, 1.54) is 6.20 Å². The lowest BCUT2D eigenvalue weighted by molar-refractivity contribution is 0.0425. The summed E-state index contributed by atoms with van der Waals surface area (Å²) < 4.78 is 10.6. The van der Waals surface area contributed by atoms with Crippen LogP contribution in [-0.2, 0) is 15.9 Å². The molecule has 1 rings (SSSR count). The van der Waals surface area contributed by atoms with Crippen LogP contribution >= 0.6 is 0 Å². The monoisotopic (exact) mass is 365 g/mol. The molecule has 1 aromatic heterocycles. The molecule has 0 aromatic carbocycles. The summed E-state index contributed by atoms with van der Waals surface area (Å²) >= 11 is 0. The number of amides is 2. The zero-order valence-electron chi connectivity index (χ0n) is 16.9. The molecule has 1 aromatic rings. The highest BCUT2D eigenvalue weighted by Gasteiger charge is 2.27. The van der Waals surface area contributed by atoms with Crippen molar-refractivity contribution in [3.8, 4) is 0 Å². The number of anilines is 1. The number of carbonyl (C=O) groups excluding carboxylic acids is 2. The molecule has 7 heteroatoms. The second kappa shape index (κ2) is 8.87. The average Bonchev–Trinajstić information content (AvgIpc) is 2.47. The minimum Gasteiger partial charge on any atom is -0.443 e. The smallest absolute Gasteiger partial charge is 0.434 e. The topological polar surface area (TPSA) is 80.8 Å². The zero-order chi connectivity index (χ0) is 20.0. The SMILES string of the molecule is CCCCc1ccc(N(NC(=O)OC(C)(C)C)C(=O)OC(C)(C)C)cn1. The highest BCUT2D eigenvalue weighted by atomic mass is 16.6. The summed E-state index contributed by atoms with van der Waals surface area (Å²) in [6.45, 7) is 12.6. The molecule has 0 bridgehead atoms. The Bertz CT molecular complexity index is 601. The Balaban J connectivity index is 2.99. The standard InChI is InChI=1S/C19H31N3O4/c1-8-9-10-14-11-12-15(13-20-14)22(17(24)26-19(5,6)7)21-16(23)25-18(2,3)4/h11-13H,8-10H2,1-7H3,(H,21,23). The second-order valence-electron chi connectivity index (χ2n) is 8.04. The van der Waals surface area contributed by atoms with Gasteiger partial charge in [0, 0.05) is 5.69 Å². The number of hydrogen-bond acceptors (Lipinski definition) is 5. The van der Waals surface area contributed by atoms with E-state index in [2.05, 4.69) is 17.3 Å². The predicted molar refractivity (Wildman–Crippen MR) is 101 cm³/mol. The Labute approximate surface area is 156 Å². The van der Waals surface area contributed by atoms with E-state index in [0.29, 0.717) is 5.69 Å². The van der Waals surface area contributed by atoms with Crippen molar-refractivity contribution in [1.29, 1.82) is 0 Å². The first kappa shape index (κ1) is 21.7. The number of nitrogens with one attached hydrogen (secondary N) is 1. The molecule has 0 saturated carbocycles. The number of aromatic nitrogens is 1. The van der Waals surface area contributed by atoms with Gasteiger partial charge in [-0.15, -0.1) is 0 Å². The van der Waals surface area contributed by atoms with E-state index in [9.17, 15) is 9.59 Å². The molecule has 0 aliphatic heterocycles. The molecule has 7 nitrogen and oxygen atoms in total. The minimum absolute atomic E-state index is 0.394. The zero-order valence-corrected chi connectivity index (χ0v) is 16.9. The highest BCUT2D eigenvalue weighted by molar-refractivity contribution is 5.90. The lowest BCUT2D eigenvalue weighted by Crippen LogP contribution is -2.50. The molecule has 0 atom stereocenters. The van der Waals surface area contributed by atoms with Gasteiger partial charge in [0.2, 0.25) is 0 Å². The molecule has 1 N–H and O–H groups in total. The van der Waals surface area contributed by atoms with Crippen LogP contribution in [0, 0.1) is 0 Å². The van der Waals surface area contributed by atoms with Crippen LogP contribution in [0.4, 0.5) is 15.3 Å².